The Morgan fingerprint density at radius 2 is 1.94 bits per heavy atom. The minimum Gasteiger partial charge on any atom is -0.399 e. The predicted molar refractivity (Wildman–Crippen MR) is 72.4 cm³/mol. The Morgan fingerprint density at radius 1 is 1.22 bits per heavy atom. The molecular formula is C13H12ClN3O. The van der Waals surface area contributed by atoms with Gasteiger partial charge in [-0.05, 0) is 29.8 Å². The maximum atomic E-state index is 11.7. The van der Waals surface area contributed by atoms with Crippen LogP contribution in [0, 0.1) is 0 Å². The summed E-state index contributed by atoms with van der Waals surface area (Å²) >= 11 is 5.66. The summed E-state index contributed by atoms with van der Waals surface area (Å²) in [5.74, 6) is -0.108. The second-order valence-corrected chi connectivity index (χ2v) is 4.22. The van der Waals surface area contributed by atoms with E-state index in [1.165, 1.54) is 6.20 Å². The van der Waals surface area contributed by atoms with Crippen molar-refractivity contribution in [2.75, 3.05) is 11.1 Å². The number of hydrogen-bond donors (Lipinski definition) is 2. The molecule has 4 nitrogen and oxygen atoms in total. The number of carbonyl (C=O) groups is 1. The van der Waals surface area contributed by atoms with Crippen molar-refractivity contribution < 1.29 is 4.79 Å². The van der Waals surface area contributed by atoms with Gasteiger partial charge in [-0.25, -0.2) is 4.98 Å². The second-order valence-electron chi connectivity index (χ2n) is 3.84. The van der Waals surface area contributed by atoms with Crippen LogP contribution in [0.1, 0.15) is 5.56 Å². The molecule has 2 aromatic rings. The summed E-state index contributed by atoms with van der Waals surface area (Å²) in [5.41, 5.74) is 7.79. The molecule has 1 aromatic carbocycles. The molecule has 0 unspecified atom stereocenters. The zero-order chi connectivity index (χ0) is 13.0. The van der Waals surface area contributed by atoms with Crippen LogP contribution >= 0.6 is 11.6 Å². The van der Waals surface area contributed by atoms with E-state index in [0.29, 0.717) is 22.9 Å². The van der Waals surface area contributed by atoms with Gasteiger partial charge in [0.25, 0.3) is 0 Å². The van der Waals surface area contributed by atoms with Gasteiger partial charge in [-0.2, -0.15) is 0 Å². The molecule has 2 rings (SSSR count). The zero-order valence-electron chi connectivity index (χ0n) is 9.56. The molecule has 0 saturated heterocycles. The number of carbonyl (C=O) groups excluding carboxylic acids is 1. The molecular weight excluding hydrogens is 250 g/mol. The number of nitrogen functional groups attached to an aromatic ring is 1. The van der Waals surface area contributed by atoms with E-state index in [-0.39, 0.29) is 5.91 Å². The minimum atomic E-state index is -0.108. The van der Waals surface area contributed by atoms with E-state index >= 15 is 0 Å². The van der Waals surface area contributed by atoms with E-state index in [2.05, 4.69) is 10.3 Å². The molecule has 0 bridgehead atoms. The van der Waals surface area contributed by atoms with Crippen LogP contribution in [0.2, 0.25) is 5.15 Å². The average Bonchev–Trinajstić information content (AvgIpc) is 2.35. The number of amides is 1. The summed E-state index contributed by atoms with van der Waals surface area (Å²) in [6, 6.07) is 10.5. The fraction of sp³-hybridized carbons (Fsp3) is 0.0769. The average molecular weight is 262 g/mol. The minimum absolute atomic E-state index is 0.108. The monoisotopic (exact) mass is 261 g/mol. The van der Waals surface area contributed by atoms with Crippen LogP contribution in [-0.4, -0.2) is 10.9 Å². The number of aromatic nitrogens is 1. The van der Waals surface area contributed by atoms with Crippen molar-refractivity contribution in [3.05, 3.63) is 53.3 Å². The first-order valence-corrected chi connectivity index (χ1v) is 5.77. The Hall–Kier alpha value is -2.07. The quantitative estimate of drug-likeness (QED) is 0.659. The van der Waals surface area contributed by atoms with E-state index in [4.69, 9.17) is 17.3 Å². The Labute approximate surface area is 110 Å². The lowest BCUT2D eigenvalue weighted by molar-refractivity contribution is -0.115. The number of hydrogen-bond acceptors (Lipinski definition) is 3. The van der Waals surface area contributed by atoms with Gasteiger partial charge in [0.2, 0.25) is 5.91 Å². The number of pyridine rings is 1. The summed E-state index contributed by atoms with van der Waals surface area (Å²) in [5, 5.41) is 3.14. The van der Waals surface area contributed by atoms with Crippen LogP contribution in [0.25, 0.3) is 0 Å². The lowest BCUT2D eigenvalue weighted by Gasteiger charge is -2.05. The third-order valence-electron chi connectivity index (χ3n) is 2.36. The highest BCUT2D eigenvalue weighted by Crippen LogP contribution is 2.11. The number of rotatable bonds is 3. The van der Waals surface area contributed by atoms with Crippen molar-refractivity contribution in [3.63, 3.8) is 0 Å². The largest absolute Gasteiger partial charge is 0.399 e. The number of nitrogens with two attached hydrogens (primary N) is 1. The molecule has 0 saturated carbocycles. The topological polar surface area (TPSA) is 68.0 Å². The van der Waals surface area contributed by atoms with Crippen molar-refractivity contribution >= 4 is 28.9 Å². The predicted octanol–water partition coefficient (Wildman–Crippen LogP) is 2.50. The Bertz CT molecular complexity index is 488. The van der Waals surface area contributed by atoms with E-state index < -0.39 is 0 Å². The van der Waals surface area contributed by atoms with Gasteiger partial charge in [-0.15, -0.1) is 0 Å². The fourth-order valence-electron chi connectivity index (χ4n) is 1.48. The smallest absolute Gasteiger partial charge is 0.228 e. The highest BCUT2D eigenvalue weighted by Gasteiger charge is 2.04. The van der Waals surface area contributed by atoms with Crippen molar-refractivity contribution in [1.29, 1.82) is 0 Å². The fourth-order valence-corrected chi connectivity index (χ4v) is 1.59. The van der Waals surface area contributed by atoms with E-state index in [9.17, 15) is 4.79 Å². The zero-order valence-corrected chi connectivity index (χ0v) is 10.3. The first-order valence-electron chi connectivity index (χ1n) is 5.39. The van der Waals surface area contributed by atoms with Crippen molar-refractivity contribution in [2.24, 2.45) is 0 Å². The molecule has 0 radical (unpaired) electrons. The number of halogens is 1. The molecule has 0 aliphatic heterocycles. The lowest BCUT2D eigenvalue weighted by atomic mass is 10.1. The highest BCUT2D eigenvalue weighted by atomic mass is 35.5. The highest BCUT2D eigenvalue weighted by molar-refractivity contribution is 6.29. The van der Waals surface area contributed by atoms with Gasteiger partial charge in [0.05, 0.1) is 18.3 Å². The van der Waals surface area contributed by atoms with Crippen molar-refractivity contribution in [2.45, 2.75) is 6.42 Å². The molecule has 0 atom stereocenters. The third-order valence-corrected chi connectivity index (χ3v) is 2.58. The van der Waals surface area contributed by atoms with Crippen molar-refractivity contribution in [3.8, 4) is 0 Å². The summed E-state index contributed by atoms with van der Waals surface area (Å²) in [6.07, 6.45) is 1.81. The summed E-state index contributed by atoms with van der Waals surface area (Å²) < 4.78 is 0. The van der Waals surface area contributed by atoms with Gasteiger partial charge in [-0.3, -0.25) is 4.79 Å². The maximum absolute atomic E-state index is 11.7. The van der Waals surface area contributed by atoms with Gasteiger partial charge in [0, 0.05) is 5.69 Å². The Morgan fingerprint density at radius 3 is 2.56 bits per heavy atom. The molecule has 0 spiro atoms. The summed E-state index contributed by atoms with van der Waals surface area (Å²) in [7, 11) is 0. The number of nitrogens with one attached hydrogen (secondary N) is 1. The molecule has 0 aliphatic rings. The van der Waals surface area contributed by atoms with Crippen LogP contribution in [-0.2, 0) is 11.2 Å². The van der Waals surface area contributed by atoms with Crippen molar-refractivity contribution in [1.82, 2.24) is 4.98 Å². The van der Waals surface area contributed by atoms with E-state index in [1.54, 1.807) is 24.3 Å². The van der Waals surface area contributed by atoms with Crippen LogP contribution in [0.15, 0.2) is 42.6 Å². The molecule has 5 heteroatoms. The maximum Gasteiger partial charge on any atom is 0.228 e. The summed E-state index contributed by atoms with van der Waals surface area (Å²) in [6.45, 7) is 0. The molecule has 1 heterocycles. The SMILES string of the molecule is Nc1ccc(CC(=O)Nc2ccc(Cl)nc2)cc1. The standard InChI is InChI=1S/C13H12ClN3O/c14-12-6-5-11(8-16-12)17-13(18)7-9-1-3-10(15)4-2-9/h1-6,8H,7,15H2,(H,17,18). The molecule has 0 aliphatic carbocycles. The van der Waals surface area contributed by atoms with E-state index in [0.717, 1.165) is 5.56 Å². The number of benzene rings is 1. The second kappa shape index (κ2) is 5.51. The molecule has 18 heavy (non-hydrogen) atoms. The van der Waals surface area contributed by atoms with Crippen LogP contribution in [0.3, 0.4) is 0 Å². The normalized spacial score (nSPS) is 10.1. The first kappa shape index (κ1) is 12.4. The molecule has 92 valence electrons. The van der Waals surface area contributed by atoms with Gasteiger partial charge in [0.1, 0.15) is 5.15 Å². The molecule has 1 amide bonds. The molecule has 1 aromatic heterocycles. The van der Waals surface area contributed by atoms with E-state index in [1.807, 2.05) is 12.1 Å². The Balaban J connectivity index is 1.96. The van der Waals surface area contributed by atoms with Crippen LogP contribution in [0.5, 0.6) is 0 Å². The van der Waals surface area contributed by atoms with Gasteiger partial charge in [0.15, 0.2) is 0 Å². The van der Waals surface area contributed by atoms with Gasteiger partial charge < -0.3 is 11.1 Å². The first-order chi connectivity index (χ1) is 8.63. The molecule has 0 fully saturated rings. The van der Waals surface area contributed by atoms with Crippen LogP contribution in [0.4, 0.5) is 11.4 Å². The number of anilines is 2. The number of nitrogens with zero attached hydrogens (tertiary/aromatic N) is 1. The van der Waals surface area contributed by atoms with Crippen LogP contribution < -0.4 is 11.1 Å². The summed E-state index contributed by atoms with van der Waals surface area (Å²) in [4.78, 5) is 15.6. The van der Waals surface area contributed by atoms with Gasteiger partial charge in [-0.1, -0.05) is 23.7 Å². The third kappa shape index (κ3) is 3.46. The Kier molecular flexibility index (Phi) is 3.79. The lowest BCUT2D eigenvalue weighted by Crippen LogP contribution is -2.14. The van der Waals surface area contributed by atoms with Gasteiger partial charge >= 0.3 is 0 Å². The molecule has 3 N–H and O–H groups in total.